The van der Waals surface area contributed by atoms with Crippen molar-refractivity contribution < 1.29 is 14.3 Å². The Morgan fingerprint density at radius 2 is 2.47 bits per heavy atom. The summed E-state index contributed by atoms with van der Waals surface area (Å²) in [6.07, 6.45) is 2.20. The topological polar surface area (TPSA) is 88.5 Å². The van der Waals surface area contributed by atoms with Gasteiger partial charge in [0.1, 0.15) is 5.76 Å². The number of aliphatic hydroxyl groups excluding tert-OH is 1. The molecule has 1 aromatic heterocycles. The molecule has 1 rings (SSSR count). The lowest BCUT2D eigenvalue weighted by Gasteiger charge is -2.01. The van der Waals surface area contributed by atoms with E-state index in [2.05, 4.69) is 5.43 Å². The average molecular weight is 230 g/mol. The first-order valence-electron chi connectivity index (χ1n) is 4.55. The number of hydrazine groups is 1. The molecule has 0 bridgehead atoms. The monoisotopic (exact) mass is 230 g/mol. The Labute approximate surface area is 92.0 Å². The van der Waals surface area contributed by atoms with Crippen molar-refractivity contribution in [2.24, 2.45) is 5.84 Å². The summed E-state index contributed by atoms with van der Waals surface area (Å²) < 4.78 is 5.17. The summed E-state index contributed by atoms with van der Waals surface area (Å²) in [5.41, 5.74) is 2.53. The van der Waals surface area contributed by atoms with Crippen LogP contribution in [0.25, 0.3) is 0 Å². The average Bonchev–Trinajstić information content (AvgIpc) is 2.71. The lowest BCUT2D eigenvalue weighted by atomic mass is 10.2. The third-order valence-corrected chi connectivity index (χ3v) is 2.84. The Bertz CT molecular complexity index is 314. The van der Waals surface area contributed by atoms with Gasteiger partial charge in [-0.15, -0.1) is 0 Å². The Kier molecular flexibility index (Phi) is 5.23. The summed E-state index contributed by atoms with van der Waals surface area (Å²) in [5.74, 6) is 6.73. The number of hydrogen-bond donors (Lipinski definition) is 3. The Morgan fingerprint density at radius 3 is 3.13 bits per heavy atom. The maximum atomic E-state index is 11.2. The molecule has 6 heteroatoms. The van der Waals surface area contributed by atoms with Crippen molar-refractivity contribution in [1.29, 1.82) is 0 Å². The second kappa shape index (κ2) is 6.49. The van der Waals surface area contributed by atoms with Gasteiger partial charge < -0.3 is 9.52 Å². The number of aliphatic hydroxyl groups is 1. The molecular weight excluding hydrogens is 216 g/mol. The Hall–Kier alpha value is -0.980. The van der Waals surface area contributed by atoms with Gasteiger partial charge in [-0.3, -0.25) is 10.2 Å². The number of nitrogens with two attached hydrogens (primary N) is 1. The second-order valence-electron chi connectivity index (χ2n) is 2.86. The van der Waals surface area contributed by atoms with E-state index >= 15 is 0 Å². The van der Waals surface area contributed by atoms with Crippen LogP contribution in [0.4, 0.5) is 0 Å². The van der Waals surface area contributed by atoms with Gasteiger partial charge in [-0.25, -0.2) is 5.84 Å². The molecule has 4 N–H and O–H groups in total. The van der Waals surface area contributed by atoms with Crippen molar-refractivity contribution in [2.75, 3.05) is 12.4 Å². The third-order valence-electron chi connectivity index (χ3n) is 1.80. The highest BCUT2D eigenvalue weighted by atomic mass is 32.2. The fraction of sp³-hybridized carbons (Fsp3) is 0.444. The molecule has 0 saturated carbocycles. The van der Waals surface area contributed by atoms with Crippen LogP contribution in [0.3, 0.4) is 0 Å². The minimum Gasteiger partial charge on any atom is -0.468 e. The lowest BCUT2D eigenvalue weighted by molar-refractivity contribution is 0.0952. The van der Waals surface area contributed by atoms with Crippen LogP contribution in [0.2, 0.25) is 0 Å². The number of carbonyl (C=O) groups is 1. The fourth-order valence-corrected chi connectivity index (χ4v) is 1.95. The summed E-state index contributed by atoms with van der Waals surface area (Å²) in [5, 5.41) is 8.59. The van der Waals surface area contributed by atoms with Crippen LogP contribution in [0, 0.1) is 0 Å². The van der Waals surface area contributed by atoms with Crippen molar-refractivity contribution >= 4 is 17.7 Å². The summed E-state index contributed by atoms with van der Waals surface area (Å²) in [6.45, 7) is 0.182. The van der Waals surface area contributed by atoms with Gasteiger partial charge in [0.2, 0.25) is 0 Å². The largest absolute Gasteiger partial charge is 0.468 e. The van der Waals surface area contributed by atoms with E-state index in [1.807, 2.05) is 0 Å². The van der Waals surface area contributed by atoms with Crippen molar-refractivity contribution in [1.82, 2.24) is 5.43 Å². The fourth-order valence-electron chi connectivity index (χ4n) is 1.06. The highest BCUT2D eigenvalue weighted by Crippen LogP contribution is 2.18. The zero-order valence-electron chi connectivity index (χ0n) is 8.23. The zero-order valence-corrected chi connectivity index (χ0v) is 9.05. The summed E-state index contributed by atoms with van der Waals surface area (Å²) in [7, 11) is 0. The number of carbonyl (C=O) groups excluding carboxylic acids is 1. The van der Waals surface area contributed by atoms with E-state index in [4.69, 9.17) is 15.4 Å². The van der Waals surface area contributed by atoms with Gasteiger partial charge in [-0.2, -0.15) is 11.8 Å². The molecule has 5 nitrogen and oxygen atoms in total. The highest BCUT2D eigenvalue weighted by Gasteiger charge is 2.12. The van der Waals surface area contributed by atoms with Crippen molar-refractivity contribution in [2.45, 2.75) is 12.2 Å². The molecule has 84 valence electrons. The van der Waals surface area contributed by atoms with E-state index < -0.39 is 0 Å². The van der Waals surface area contributed by atoms with E-state index in [1.54, 1.807) is 17.8 Å². The smallest absolute Gasteiger partial charge is 0.268 e. The first-order valence-corrected chi connectivity index (χ1v) is 5.71. The first kappa shape index (κ1) is 12.1. The number of nitrogen functional groups attached to an aromatic ring is 1. The number of hydrogen-bond acceptors (Lipinski definition) is 5. The highest BCUT2D eigenvalue weighted by molar-refractivity contribution is 7.98. The van der Waals surface area contributed by atoms with Gasteiger partial charge in [-0.05, 0) is 18.2 Å². The summed E-state index contributed by atoms with van der Waals surface area (Å²) in [4.78, 5) is 11.2. The van der Waals surface area contributed by atoms with E-state index in [0.29, 0.717) is 17.1 Å². The van der Waals surface area contributed by atoms with Gasteiger partial charge in [0.05, 0.1) is 17.6 Å². The van der Waals surface area contributed by atoms with E-state index in [1.165, 1.54) is 6.26 Å². The predicted octanol–water partition coefficient (Wildman–Crippen LogP) is 0.499. The maximum absolute atomic E-state index is 11.2. The number of furan rings is 1. The van der Waals surface area contributed by atoms with Crippen LogP contribution >= 0.6 is 11.8 Å². The van der Waals surface area contributed by atoms with Crippen LogP contribution in [0.5, 0.6) is 0 Å². The molecule has 15 heavy (non-hydrogen) atoms. The van der Waals surface area contributed by atoms with Crippen molar-refractivity contribution in [3.63, 3.8) is 0 Å². The van der Waals surface area contributed by atoms with Crippen LogP contribution in [-0.2, 0) is 5.75 Å². The minimum atomic E-state index is -0.346. The molecule has 0 radical (unpaired) electrons. The maximum Gasteiger partial charge on any atom is 0.268 e. The molecule has 0 aliphatic carbocycles. The van der Waals surface area contributed by atoms with Crippen molar-refractivity contribution in [3.8, 4) is 0 Å². The second-order valence-corrected chi connectivity index (χ2v) is 3.97. The van der Waals surface area contributed by atoms with Crippen LogP contribution < -0.4 is 11.3 Å². The van der Waals surface area contributed by atoms with E-state index in [9.17, 15) is 4.79 Å². The standard InChI is InChI=1S/C9H14N2O3S/c10-11-9(13)7-2-4-14-8(7)6-15-5-1-3-12/h2,4,12H,1,3,5-6,10H2,(H,11,13). The van der Waals surface area contributed by atoms with Crippen LogP contribution in [-0.4, -0.2) is 23.4 Å². The summed E-state index contributed by atoms with van der Waals surface area (Å²) in [6, 6.07) is 1.59. The van der Waals surface area contributed by atoms with Crippen molar-refractivity contribution in [3.05, 3.63) is 23.7 Å². The number of thioether (sulfide) groups is 1. The van der Waals surface area contributed by atoms with Crippen LogP contribution in [0.15, 0.2) is 16.7 Å². The minimum absolute atomic E-state index is 0.182. The summed E-state index contributed by atoms with van der Waals surface area (Å²) >= 11 is 1.60. The molecule has 0 atom stereocenters. The van der Waals surface area contributed by atoms with E-state index in [-0.39, 0.29) is 12.5 Å². The van der Waals surface area contributed by atoms with Crippen LogP contribution in [0.1, 0.15) is 22.5 Å². The molecular formula is C9H14N2O3S. The normalized spacial score (nSPS) is 10.3. The van der Waals surface area contributed by atoms with Gasteiger partial charge >= 0.3 is 0 Å². The van der Waals surface area contributed by atoms with Gasteiger partial charge in [0, 0.05) is 6.61 Å². The molecule has 0 unspecified atom stereocenters. The molecule has 0 spiro atoms. The molecule has 0 aliphatic rings. The number of amides is 1. The van der Waals surface area contributed by atoms with Gasteiger partial charge in [0.15, 0.2) is 0 Å². The zero-order chi connectivity index (χ0) is 11.1. The molecule has 0 fully saturated rings. The predicted molar refractivity (Wildman–Crippen MR) is 58.2 cm³/mol. The molecule has 1 heterocycles. The Morgan fingerprint density at radius 1 is 1.67 bits per heavy atom. The number of nitrogens with one attached hydrogen (secondary N) is 1. The Balaban J connectivity index is 2.46. The van der Waals surface area contributed by atoms with E-state index in [0.717, 1.165) is 12.2 Å². The number of rotatable bonds is 6. The lowest BCUT2D eigenvalue weighted by Crippen LogP contribution is -2.30. The SMILES string of the molecule is NNC(=O)c1ccoc1CSCCCO. The third kappa shape index (κ3) is 3.58. The van der Waals surface area contributed by atoms with Gasteiger partial charge in [-0.1, -0.05) is 0 Å². The molecule has 0 aliphatic heterocycles. The quantitative estimate of drug-likeness (QED) is 0.286. The molecule has 0 aromatic carbocycles. The first-order chi connectivity index (χ1) is 7.29. The molecule has 1 aromatic rings. The van der Waals surface area contributed by atoms with Gasteiger partial charge in [0.25, 0.3) is 5.91 Å². The molecule has 0 saturated heterocycles. The molecule has 1 amide bonds.